The van der Waals surface area contributed by atoms with E-state index in [0.717, 1.165) is 30.6 Å². The summed E-state index contributed by atoms with van der Waals surface area (Å²) in [4.78, 5) is 0. The van der Waals surface area contributed by atoms with Crippen molar-refractivity contribution in [2.45, 2.75) is 44.2 Å². The second kappa shape index (κ2) is 5.52. The van der Waals surface area contributed by atoms with Crippen molar-refractivity contribution in [3.05, 3.63) is 29.8 Å². The van der Waals surface area contributed by atoms with Crippen molar-refractivity contribution >= 4 is 5.69 Å². The summed E-state index contributed by atoms with van der Waals surface area (Å²) in [7, 11) is 0. The minimum atomic E-state index is -0.0828. The van der Waals surface area contributed by atoms with Crippen LogP contribution in [0.1, 0.15) is 37.7 Å². The molecule has 0 aliphatic heterocycles. The first-order chi connectivity index (χ1) is 8.26. The van der Waals surface area contributed by atoms with Gasteiger partial charge < -0.3 is 16.2 Å². The molecule has 0 atom stereocenters. The van der Waals surface area contributed by atoms with Gasteiger partial charge in [-0.25, -0.2) is 0 Å². The molecule has 94 valence electrons. The van der Waals surface area contributed by atoms with Crippen LogP contribution in [0.15, 0.2) is 24.3 Å². The molecule has 0 heterocycles. The molecule has 4 N–H and O–H groups in total. The van der Waals surface area contributed by atoms with Gasteiger partial charge in [-0.3, -0.25) is 0 Å². The highest BCUT2D eigenvalue weighted by Crippen LogP contribution is 2.28. The van der Waals surface area contributed by atoms with Crippen molar-refractivity contribution < 1.29 is 5.11 Å². The van der Waals surface area contributed by atoms with Gasteiger partial charge in [-0.2, -0.15) is 0 Å². The van der Waals surface area contributed by atoms with E-state index in [1.54, 1.807) is 0 Å². The Balaban J connectivity index is 1.98. The van der Waals surface area contributed by atoms with Gasteiger partial charge in [0.2, 0.25) is 0 Å². The van der Waals surface area contributed by atoms with E-state index in [4.69, 9.17) is 5.73 Å². The molecule has 0 aromatic heterocycles. The molecule has 1 saturated carbocycles. The number of benzene rings is 1. The molecule has 1 aliphatic carbocycles. The Morgan fingerprint density at radius 1 is 1.18 bits per heavy atom. The highest BCUT2D eigenvalue weighted by atomic mass is 16.3. The zero-order valence-corrected chi connectivity index (χ0v) is 10.3. The fourth-order valence-electron chi connectivity index (χ4n) is 2.60. The van der Waals surface area contributed by atoms with E-state index in [0.29, 0.717) is 0 Å². The average molecular weight is 234 g/mol. The lowest BCUT2D eigenvalue weighted by Gasteiger charge is -2.36. The van der Waals surface area contributed by atoms with E-state index in [1.165, 1.54) is 19.3 Å². The summed E-state index contributed by atoms with van der Waals surface area (Å²) in [5.41, 5.74) is 7.78. The first kappa shape index (κ1) is 12.4. The summed E-state index contributed by atoms with van der Waals surface area (Å²) in [6.07, 6.45) is 5.83. The van der Waals surface area contributed by atoms with Gasteiger partial charge in [0.1, 0.15) is 0 Å². The third-order valence-corrected chi connectivity index (χ3v) is 3.82. The Labute approximate surface area is 103 Å². The number of hydrogen-bond acceptors (Lipinski definition) is 3. The summed E-state index contributed by atoms with van der Waals surface area (Å²) in [5, 5.41) is 13.1. The van der Waals surface area contributed by atoms with Gasteiger partial charge in [-0.15, -0.1) is 0 Å². The lowest BCUT2D eigenvalue weighted by Crippen LogP contribution is -2.49. The van der Waals surface area contributed by atoms with E-state index in [-0.39, 0.29) is 12.1 Å². The SMILES string of the molecule is Nc1ccccc1CNC1(CO)CCCCC1. The van der Waals surface area contributed by atoms with E-state index < -0.39 is 0 Å². The van der Waals surface area contributed by atoms with E-state index in [9.17, 15) is 5.11 Å². The second-order valence-corrected chi connectivity index (χ2v) is 5.05. The van der Waals surface area contributed by atoms with Gasteiger partial charge in [0.05, 0.1) is 6.61 Å². The zero-order valence-electron chi connectivity index (χ0n) is 10.3. The monoisotopic (exact) mass is 234 g/mol. The van der Waals surface area contributed by atoms with Crippen molar-refractivity contribution in [3.63, 3.8) is 0 Å². The predicted molar refractivity (Wildman–Crippen MR) is 70.6 cm³/mol. The number of anilines is 1. The number of hydrogen-bond donors (Lipinski definition) is 3. The van der Waals surface area contributed by atoms with Gasteiger partial charge in [0, 0.05) is 17.8 Å². The van der Waals surface area contributed by atoms with Crippen LogP contribution >= 0.6 is 0 Å². The zero-order chi connectivity index (χ0) is 12.1. The fourth-order valence-corrected chi connectivity index (χ4v) is 2.60. The summed E-state index contributed by atoms with van der Waals surface area (Å²) in [5.74, 6) is 0. The Bertz CT molecular complexity index is 359. The molecule has 1 fully saturated rings. The molecule has 3 nitrogen and oxygen atoms in total. The number of nitrogen functional groups attached to an aromatic ring is 1. The summed E-state index contributed by atoms with van der Waals surface area (Å²) < 4.78 is 0. The van der Waals surface area contributed by atoms with Gasteiger partial charge in [0.15, 0.2) is 0 Å². The third kappa shape index (κ3) is 2.99. The highest BCUT2D eigenvalue weighted by Gasteiger charge is 2.30. The quantitative estimate of drug-likeness (QED) is 0.699. The molecule has 1 aromatic carbocycles. The molecule has 1 aliphatic rings. The molecular formula is C14H22N2O. The summed E-state index contributed by atoms with van der Waals surface area (Å²) in [6.45, 7) is 0.965. The Morgan fingerprint density at radius 3 is 2.53 bits per heavy atom. The first-order valence-corrected chi connectivity index (χ1v) is 6.45. The number of aliphatic hydroxyl groups excluding tert-OH is 1. The van der Waals surface area contributed by atoms with Crippen LogP contribution in [0, 0.1) is 0 Å². The molecule has 2 rings (SSSR count). The van der Waals surface area contributed by atoms with Gasteiger partial charge in [-0.1, -0.05) is 37.5 Å². The van der Waals surface area contributed by atoms with Crippen LogP contribution < -0.4 is 11.1 Å². The van der Waals surface area contributed by atoms with Crippen LogP contribution in [0.4, 0.5) is 5.69 Å². The van der Waals surface area contributed by atoms with E-state index >= 15 is 0 Å². The van der Waals surface area contributed by atoms with Crippen molar-refractivity contribution in [1.82, 2.24) is 5.32 Å². The number of nitrogens with two attached hydrogens (primary N) is 1. The minimum Gasteiger partial charge on any atom is -0.398 e. The first-order valence-electron chi connectivity index (χ1n) is 6.45. The fraction of sp³-hybridized carbons (Fsp3) is 0.571. The molecule has 0 saturated heterocycles. The van der Waals surface area contributed by atoms with Crippen molar-refractivity contribution in [1.29, 1.82) is 0 Å². The smallest absolute Gasteiger partial charge is 0.0613 e. The molecule has 0 unspecified atom stereocenters. The molecule has 17 heavy (non-hydrogen) atoms. The van der Waals surface area contributed by atoms with E-state index in [1.807, 2.05) is 24.3 Å². The lowest BCUT2D eigenvalue weighted by atomic mass is 9.82. The Hall–Kier alpha value is -1.06. The molecule has 0 spiro atoms. The Kier molecular flexibility index (Phi) is 4.02. The number of aliphatic hydroxyl groups is 1. The molecule has 0 bridgehead atoms. The van der Waals surface area contributed by atoms with Crippen molar-refractivity contribution in [2.75, 3.05) is 12.3 Å². The number of para-hydroxylation sites is 1. The molecule has 1 aromatic rings. The Morgan fingerprint density at radius 2 is 1.88 bits per heavy atom. The standard InChI is InChI=1S/C14H22N2O/c15-13-7-3-2-6-12(13)10-16-14(11-17)8-4-1-5-9-14/h2-3,6-7,16-17H,1,4-5,8-11,15H2. The second-order valence-electron chi connectivity index (χ2n) is 5.05. The van der Waals surface area contributed by atoms with Crippen LogP contribution in [0.25, 0.3) is 0 Å². The number of rotatable bonds is 4. The minimum absolute atomic E-state index is 0.0828. The number of nitrogens with one attached hydrogen (secondary N) is 1. The maximum atomic E-state index is 9.60. The van der Waals surface area contributed by atoms with Crippen LogP contribution in [0.2, 0.25) is 0 Å². The third-order valence-electron chi connectivity index (χ3n) is 3.82. The molecule has 0 radical (unpaired) electrons. The maximum Gasteiger partial charge on any atom is 0.0613 e. The largest absolute Gasteiger partial charge is 0.398 e. The van der Waals surface area contributed by atoms with Crippen LogP contribution in [0.5, 0.6) is 0 Å². The predicted octanol–water partition coefficient (Wildman–Crippen LogP) is 2.05. The molecule has 3 heteroatoms. The van der Waals surface area contributed by atoms with Crippen molar-refractivity contribution in [3.8, 4) is 0 Å². The topological polar surface area (TPSA) is 58.3 Å². The maximum absolute atomic E-state index is 9.60. The summed E-state index contributed by atoms with van der Waals surface area (Å²) in [6, 6.07) is 7.90. The lowest BCUT2D eigenvalue weighted by molar-refractivity contribution is 0.119. The van der Waals surface area contributed by atoms with Crippen LogP contribution in [0.3, 0.4) is 0 Å². The van der Waals surface area contributed by atoms with Crippen LogP contribution in [-0.4, -0.2) is 17.3 Å². The van der Waals surface area contributed by atoms with E-state index in [2.05, 4.69) is 5.32 Å². The average Bonchev–Trinajstić information content (AvgIpc) is 2.39. The van der Waals surface area contributed by atoms with Crippen molar-refractivity contribution in [2.24, 2.45) is 0 Å². The molecule has 0 amide bonds. The van der Waals surface area contributed by atoms with Gasteiger partial charge in [0.25, 0.3) is 0 Å². The summed E-state index contributed by atoms with van der Waals surface area (Å²) >= 11 is 0. The van der Waals surface area contributed by atoms with Gasteiger partial charge in [-0.05, 0) is 24.5 Å². The van der Waals surface area contributed by atoms with Gasteiger partial charge >= 0.3 is 0 Å². The van der Waals surface area contributed by atoms with Crippen LogP contribution in [-0.2, 0) is 6.54 Å². The molecular weight excluding hydrogens is 212 g/mol. The highest BCUT2D eigenvalue weighted by molar-refractivity contribution is 5.46. The normalized spacial score (nSPS) is 19.1.